The number of esters is 1. The van der Waals surface area contributed by atoms with Crippen molar-refractivity contribution >= 4 is 5.97 Å². The van der Waals surface area contributed by atoms with Gasteiger partial charge in [0.15, 0.2) is 0 Å². The predicted octanol–water partition coefficient (Wildman–Crippen LogP) is 1.34. The Bertz CT molecular complexity index is 454. The van der Waals surface area contributed by atoms with Crippen molar-refractivity contribution in [2.24, 2.45) is 0 Å². The predicted molar refractivity (Wildman–Crippen MR) is 52.5 cm³/mol. The Balaban J connectivity index is 3.19. The minimum absolute atomic E-state index is 0.189. The summed E-state index contributed by atoms with van der Waals surface area (Å²) in [4.78, 5) is 24.1. The van der Waals surface area contributed by atoms with Crippen molar-refractivity contribution in [3.63, 3.8) is 0 Å². The summed E-state index contributed by atoms with van der Waals surface area (Å²) in [5, 5.41) is 0. The van der Waals surface area contributed by atoms with Gasteiger partial charge in [-0.05, 0) is 18.1 Å². The van der Waals surface area contributed by atoms with E-state index >= 15 is 0 Å². The van der Waals surface area contributed by atoms with E-state index in [1.54, 1.807) is 0 Å². The summed E-state index contributed by atoms with van der Waals surface area (Å²) in [7, 11) is 1.19. The molecule has 16 heavy (non-hydrogen) atoms. The fourth-order valence-corrected chi connectivity index (χ4v) is 1.33. The molecule has 0 aliphatic carbocycles. The van der Waals surface area contributed by atoms with Crippen LogP contribution in [0, 0.1) is 6.92 Å². The lowest BCUT2D eigenvalue weighted by atomic mass is 10.1. The number of rotatable bonds is 3. The third kappa shape index (κ3) is 2.65. The molecule has 0 aliphatic rings. The highest BCUT2D eigenvalue weighted by atomic mass is 19.3. The number of hydrogen-bond donors (Lipinski definition) is 1. The first-order chi connectivity index (χ1) is 7.45. The van der Waals surface area contributed by atoms with Crippen molar-refractivity contribution in [2.75, 3.05) is 7.11 Å². The van der Waals surface area contributed by atoms with Gasteiger partial charge < -0.3 is 9.72 Å². The molecule has 0 radical (unpaired) electrons. The summed E-state index contributed by atoms with van der Waals surface area (Å²) < 4.78 is 29.5. The maximum absolute atomic E-state index is 12.5. The summed E-state index contributed by atoms with van der Waals surface area (Å²) >= 11 is 0. The second kappa shape index (κ2) is 4.87. The van der Waals surface area contributed by atoms with Gasteiger partial charge in [0.1, 0.15) is 0 Å². The van der Waals surface area contributed by atoms with Crippen LogP contribution in [0.1, 0.15) is 23.2 Å². The zero-order valence-corrected chi connectivity index (χ0v) is 8.84. The normalized spacial score (nSPS) is 10.6. The minimum atomic E-state index is -2.77. The van der Waals surface area contributed by atoms with E-state index in [0.717, 1.165) is 6.07 Å². The van der Waals surface area contributed by atoms with E-state index in [1.165, 1.54) is 14.0 Å². The van der Waals surface area contributed by atoms with Gasteiger partial charge in [0.05, 0.1) is 19.2 Å². The molecule has 1 aromatic rings. The molecule has 1 N–H and O–H groups in total. The van der Waals surface area contributed by atoms with Crippen molar-refractivity contribution in [1.82, 2.24) is 4.98 Å². The highest BCUT2D eigenvalue weighted by molar-refractivity contribution is 5.72. The van der Waals surface area contributed by atoms with Crippen molar-refractivity contribution < 1.29 is 18.3 Å². The molecule has 0 aliphatic heterocycles. The molecule has 0 atom stereocenters. The molecular weight excluding hydrogens is 220 g/mol. The van der Waals surface area contributed by atoms with E-state index < -0.39 is 23.6 Å². The fraction of sp³-hybridized carbons (Fsp3) is 0.400. The first kappa shape index (κ1) is 12.4. The number of aromatic nitrogens is 1. The molecule has 88 valence electrons. The third-order valence-electron chi connectivity index (χ3n) is 2.23. The Labute approximate surface area is 90.2 Å². The van der Waals surface area contributed by atoms with Crippen LogP contribution in [0.2, 0.25) is 0 Å². The Kier molecular flexibility index (Phi) is 3.76. The average molecular weight is 231 g/mol. The molecule has 0 unspecified atom stereocenters. The minimum Gasteiger partial charge on any atom is -0.469 e. The SMILES string of the molecule is COC(=O)Cc1cc(=O)[nH]c(C(F)F)c1C. The highest BCUT2D eigenvalue weighted by Gasteiger charge is 2.16. The number of carbonyl (C=O) groups is 1. The van der Waals surface area contributed by atoms with Crippen LogP contribution in [0.3, 0.4) is 0 Å². The number of carbonyl (C=O) groups excluding carboxylic acids is 1. The molecule has 1 aromatic heterocycles. The van der Waals surface area contributed by atoms with E-state index in [0.29, 0.717) is 0 Å². The van der Waals surface area contributed by atoms with Crippen LogP contribution in [-0.2, 0) is 16.0 Å². The Morgan fingerprint density at radius 1 is 1.56 bits per heavy atom. The first-order valence-corrected chi connectivity index (χ1v) is 4.53. The number of alkyl halides is 2. The number of ether oxygens (including phenoxy) is 1. The van der Waals surface area contributed by atoms with Crippen LogP contribution in [0.5, 0.6) is 0 Å². The van der Waals surface area contributed by atoms with Gasteiger partial charge in [-0.15, -0.1) is 0 Å². The van der Waals surface area contributed by atoms with E-state index in [4.69, 9.17) is 0 Å². The van der Waals surface area contributed by atoms with Gasteiger partial charge in [-0.1, -0.05) is 0 Å². The number of pyridine rings is 1. The summed E-state index contributed by atoms with van der Waals surface area (Å²) in [5.41, 5.74) is -0.642. The fourth-order valence-electron chi connectivity index (χ4n) is 1.33. The van der Waals surface area contributed by atoms with Gasteiger partial charge in [-0.25, -0.2) is 8.78 Å². The van der Waals surface area contributed by atoms with Crippen molar-refractivity contribution in [1.29, 1.82) is 0 Å². The zero-order valence-electron chi connectivity index (χ0n) is 8.84. The topological polar surface area (TPSA) is 59.2 Å². The van der Waals surface area contributed by atoms with Gasteiger partial charge in [-0.3, -0.25) is 9.59 Å². The van der Waals surface area contributed by atoms with Crippen molar-refractivity contribution in [3.8, 4) is 0 Å². The number of methoxy groups -OCH3 is 1. The number of hydrogen-bond acceptors (Lipinski definition) is 3. The maximum atomic E-state index is 12.5. The second-order valence-corrected chi connectivity index (χ2v) is 3.25. The Hall–Kier alpha value is -1.72. The molecule has 0 spiro atoms. The van der Waals surface area contributed by atoms with Gasteiger partial charge in [0.25, 0.3) is 6.43 Å². The third-order valence-corrected chi connectivity index (χ3v) is 2.23. The van der Waals surface area contributed by atoms with Crippen LogP contribution in [0.25, 0.3) is 0 Å². The molecule has 0 saturated carbocycles. The molecule has 6 heteroatoms. The monoisotopic (exact) mass is 231 g/mol. The van der Waals surface area contributed by atoms with Gasteiger partial charge in [0.2, 0.25) is 5.56 Å². The van der Waals surface area contributed by atoms with Gasteiger partial charge >= 0.3 is 5.97 Å². The van der Waals surface area contributed by atoms with Gasteiger partial charge in [0, 0.05) is 6.07 Å². The Morgan fingerprint density at radius 3 is 2.69 bits per heavy atom. The van der Waals surface area contributed by atoms with Crippen LogP contribution in [0.15, 0.2) is 10.9 Å². The number of nitrogens with one attached hydrogen (secondary N) is 1. The summed E-state index contributed by atoms with van der Waals surface area (Å²) in [6.45, 7) is 1.43. The summed E-state index contributed by atoms with van der Waals surface area (Å²) in [5.74, 6) is -0.575. The summed E-state index contributed by atoms with van der Waals surface area (Å²) in [6.07, 6.45) is -2.96. The molecule has 1 rings (SSSR count). The number of H-pyrrole nitrogens is 1. The molecular formula is C10H11F2NO3. The van der Waals surface area contributed by atoms with Crippen LogP contribution in [0.4, 0.5) is 8.78 Å². The molecule has 4 nitrogen and oxygen atoms in total. The van der Waals surface area contributed by atoms with Gasteiger partial charge in [-0.2, -0.15) is 0 Å². The van der Waals surface area contributed by atoms with E-state index in [9.17, 15) is 18.4 Å². The lowest BCUT2D eigenvalue weighted by molar-refractivity contribution is -0.139. The average Bonchev–Trinajstić information content (AvgIpc) is 2.22. The molecule has 0 aromatic carbocycles. The first-order valence-electron chi connectivity index (χ1n) is 4.53. The Morgan fingerprint density at radius 2 is 2.19 bits per heavy atom. The van der Waals surface area contributed by atoms with Crippen LogP contribution >= 0.6 is 0 Å². The van der Waals surface area contributed by atoms with Crippen molar-refractivity contribution in [2.45, 2.75) is 19.8 Å². The van der Waals surface area contributed by atoms with E-state index in [-0.39, 0.29) is 17.5 Å². The molecule has 0 saturated heterocycles. The van der Waals surface area contributed by atoms with E-state index in [1.807, 2.05) is 4.98 Å². The quantitative estimate of drug-likeness (QED) is 0.798. The largest absolute Gasteiger partial charge is 0.469 e. The molecule has 0 amide bonds. The number of halogens is 2. The number of aromatic amines is 1. The maximum Gasteiger partial charge on any atom is 0.309 e. The van der Waals surface area contributed by atoms with E-state index in [2.05, 4.69) is 4.74 Å². The molecule has 0 bridgehead atoms. The van der Waals surface area contributed by atoms with Crippen LogP contribution in [-0.4, -0.2) is 18.1 Å². The second-order valence-electron chi connectivity index (χ2n) is 3.25. The standard InChI is InChI=1S/C10H11F2NO3/c1-5-6(4-8(15)16-2)3-7(14)13-9(5)10(11)12/h3,10H,4H2,1-2H3,(H,13,14). The smallest absolute Gasteiger partial charge is 0.309 e. The summed E-state index contributed by atoms with van der Waals surface area (Å²) in [6, 6.07) is 1.12. The zero-order chi connectivity index (χ0) is 12.3. The molecule has 0 fully saturated rings. The highest BCUT2D eigenvalue weighted by Crippen LogP contribution is 2.21. The van der Waals surface area contributed by atoms with Crippen molar-refractivity contribution in [3.05, 3.63) is 33.2 Å². The molecule has 1 heterocycles. The lowest BCUT2D eigenvalue weighted by Gasteiger charge is -2.09. The van der Waals surface area contributed by atoms with Crippen LogP contribution < -0.4 is 5.56 Å². The lowest BCUT2D eigenvalue weighted by Crippen LogP contribution is -2.15.